The van der Waals surface area contributed by atoms with Crippen LogP contribution in [0.25, 0.3) is 0 Å². The quantitative estimate of drug-likeness (QED) is 0.806. The molecule has 0 saturated heterocycles. The average Bonchev–Trinajstić information content (AvgIpc) is 2.32. The van der Waals surface area contributed by atoms with Gasteiger partial charge in [0, 0.05) is 18.0 Å². The molecule has 1 aromatic heterocycles. The van der Waals surface area contributed by atoms with Gasteiger partial charge in [0.15, 0.2) is 0 Å². The molecule has 7 heteroatoms. The second-order valence-corrected chi connectivity index (χ2v) is 3.35. The normalized spacial score (nSPS) is 15.2. The molecule has 0 saturated carbocycles. The van der Waals surface area contributed by atoms with Gasteiger partial charge in [0.25, 0.3) is 0 Å². The highest BCUT2D eigenvalue weighted by atomic mass is 35.5. The zero-order valence-electron chi connectivity index (χ0n) is 9.20. The first-order valence-electron chi connectivity index (χ1n) is 4.80. The predicted molar refractivity (Wildman–Crippen MR) is 67.4 cm³/mol. The minimum absolute atomic E-state index is 0. The predicted octanol–water partition coefficient (Wildman–Crippen LogP) is 1.24. The smallest absolute Gasteiger partial charge is 0.264 e. The second kappa shape index (κ2) is 5.95. The monoisotopic (exact) mass is 253 g/mol. The molecule has 2 rings (SSSR count). The molecule has 0 aromatic carbocycles. The van der Waals surface area contributed by atoms with Crippen LogP contribution in [-0.2, 0) is 0 Å². The Morgan fingerprint density at radius 1 is 1.59 bits per heavy atom. The first-order valence-corrected chi connectivity index (χ1v) is 4.80. The highest BCUT2D eigenvalue weighted by molar-refractivity contribution is 5.92. The van der Waals surface area contributed by atoms with E-state index in [9.17, 15) is 4.79 Å². The molecule has 0 fully saturated rings. The lowest BCUT2D eigenvalue weighted by Crippen LogP contribution is -2.42. The molecule has 2 amide bonds. The fourth-order valence-corrected chi connectivity index (χ4v) is 1.21. The number of urea groups is 1. The van der Waals surface area contributed by atoms with E-state index >= 15 is 0 Å². The van der Waals surface area contributed by atoms with E-state index in [1.807, 2.05) is 19.1 Å². The van der Waals surface area contributed by atoms with Crippen molar-refractivity contribution >= 4 is 30.4 Å². The van der Waals surface area contributed by atoms with Crippen molar-refractivity contribution < 1.29 is 4.79 Å². The Labute approximate surface area is 105 Å². The van der Waals surface area contributed by atoms with E-state index in [0.29, 0.717) is 6.54 Å². The maximum absolute atomic E-state index is 11.3. The van der Waals surface area contributed by atoms with E-state index in [0.717, 1.165) is 11.3 Å². The van der Waals surface area contributed by atoms with Crippen molar-refractivity contribution in [1.82, 2.24) is 15.4 Å². The summed E-state index contributed by atoms with van der Waals surface area (Å²) in [4.78, 5) is 15.3. The Bertz CT molecular complexity index is 445. The van der Waals surface area contributed by atoms with E-state index < -0.39 is 0 Å². The van der Waals surface area contributed by atoms with Crippen LogP contribution in [0.4, 0.5) is 4.79 Å². The van der Waals surface area contributed by atoms with Gasteiger partial charge in [0.1, 0.15) is 0 Å². The number of pyridine rings is 1. The topological polar surface area (TPSA) is 70.0 Å². The molecule has 0 aliphatic carbocycles. The SMILES string of the molecule is CC1=NNC(=O)N(N=Cc2cccnc2)C1.Cl. The number of halogens is 1. The highest BCUT2D eigenvalue weighted by Crippen LogP contribution is 1.99. The van der Waals surface area contributed by atoms with Crippen molar-refractivity contribution in [1.29, 1.82) is 0 Å². The van der Waals surface area contributed by atoms with Crippen molar-refractivity contribution in [3.63, 3.8) is 0 Å². The van der Waals surface area contributed by atoms with Crippen molar-refractivity contribution in [3.8, 4) is 0 Å². The maximum Gasteiger partial charge on any atom is 0.358 e. The molecule has 90 valence electrons. The molecular formula is C10H12ClN5O. The zero-order valence-corrected chi connectivity index (χ0v) is 10.0. The van der Waals surface area contributed by atoms with Crippen LogP contribution in [0.15, 0.2) is 34.7 Å². The van der Waals surface area contributed by atoms with Crippen molar-refractivity contribution in [2.75, 3.05) is 6.54 Å². The summed E-state index contributed by atoms with van der Waals surface area (Å²) in [5, 5.41) is 9.18. The first-order chi connectivity index (χ1) is 7.75. The fraction of sp³-hybridized carbons (Fsp3) is 0.200. The molecule has 1 aliphatic rings. The van der Waals surface area contributed by atoms with E-state index in [-0.39, 0.29) is 18.4 Å². The summed E-state index contributed by atoms with van der Waals surface area (Å²) in [6.45, 7) is 2.23. The summed E-state index contributed by atoms with van der Waals surface area (Å²) in [5.74, 6) is 0. The standard InChI is InChI=1S/C10H11N5O.ClH/c1-8-7-15(10(16)14-13-8)12-6-9-3-2-4-11-5-9;/h2-6H,7H2,1H3,(H,14,16);1H. The summed E-state index contributed by atoms with van der Waals surface area (Å²) in [7, 11) is 0. The lowest BCUT2D eigenvalue weighted by molar-refractivity contribution is 0.204. The largest absolute Gasteiger partial charge is 0.358 e. The molecule has 17 heavy (non-hydrogen) atoms. The summed E-state index contributed by atoms with van der Waals surface area (Å²) >= 11 is 0. The summed E-state index contributed by atoms with van der Waals surface area (Å²) in [6, 6.07) is 3.34. The molecule has 1 aromatic rings. The second-order valence-electron chi connectivity index (χ2n) is 3.35. The maximum atomic E-state index is 11.3. The van der Waals surface area contributed by atoms with Crippen LogP contribution in [0.1, 0.15) is 12.5 Å². The number of rotatable bonds is 2. The third-order valence-electron chi connectivity index (χ3n) is 1.99. The molecule has 1 N–H and O–H groups in total. The Balaban J connectivity index is 0.00000144. The van der Waals surface area contributed by atoms with Crippen LogP contribution in [0.5, 0.6) is 0 Å². The molecule has 0 radical (unpaired) electrons. The Morgan fingerprint density at radius 2 is 2.41 bits per heavy atom. The number of hydrogen-bond acceptors (Lipinski definition) is 4. The first kappa shape index (κ1) is 13.1. The van der Waals surface area contributed by atoms with Crippen LogP contribution < -0.4 is 5.43 Å². The number of amides is 2. The number of aromatic nitrogens is 1. The molecule has 6 nitrogen and oxygen atoms in total. The third kappa shape index (κ3) is 3.53. The number of carbonyl (C=O) groups excluding carboxylic acids is 1. The van der Waals surface area contributed by atoms with E-state index in [4.69, 9.17) is 0 Å². The van der Waals surface area contributed by atoms with Crippen LogP contribution in [0.2, 0.25) is 0 Å². The van der Waals surface area contributed by atoms with Gasteiger partial charge in [0.05, 0.1) is 18.5 Å². The summed E-state index contributed by atoms with van der Waals surface area (Å²) < 4.78 is 0. The number of carbonyl (C=O) groups is 1. The van der Waals surface area contributed by atoms with Crippen LogP contribution in [-0.4, -0.2) is 34.5 Å². The minimum Gasteiger partial charge on any atom is -0.264 e. The number of hydrazone groups is 2. The van der Waals surface area contributed by atoms with Gasteiger partial charge in [-0.3, -0.25) is 4.98 Å². The highest BCUT2D eigenvalue weighted by Gasteiger charge is 2.16. The lowest BCUT2D eigenvalue weighted by atomic mass is 10.3. The van der Waals surface area contributed by atoms with Crippen LogP contribution >= 0.6 is 12.4 Å². The van der Waals surface area contributed by atoms with Crippen LogP contribution in [0, 0.1) is 0 Å². The molecular weight excluding hydrogens is 242 g/mol. The minimum atomic E-state index is -0.328. The molecule has 0 unspecified atom stereocenters. The third-order valence-corrected chi connectivity index (χ3v) is 1.99. The number of nitrogens with one attached hydrogen (secondary N) is 1. The Morgan fingerprint density at radius 3 is 3.12 bits per heavy atom. The van der Waals surface area contributed by atoms with Crippen molar-refractivity contribution in [2.24, 2.45) is 10.2 Å². The van der Waals surface area contributed by atoms with Gasteiger partial charge in [-0.15, -0.1) is 12.4 Å². The van der Waals surface area contributed by atoms with Crippen molar-refractivity contribution in [3.05, 3.63) is 30.1 Å². The fourth-order valence-electron chi connectivity index (χ4n) is 1.21. The molecule has 0 spiro atoms. The molecule has 1 aliphatic heterocycles. The molecule has 0 bridgehead atoms. The van der Waals surface area contributed by atoms with Gasteiger partial charge < -0.3 is 0 Å². The van der Waals surface area contributed by atoms with Gasteiger partial charge in [0.2, 0.25) is 0 Å². The Kier molecular flexibility index (Phi) is 4.59. The molecule has 2 heterocycles. The van der Waals surface area contributed by atoms with Crippen molar-refractivity contribution in [2.45, 2.75) is 6.92 Å². The Hall–Kier alpha value is -1.95. The van der Waals surface area contributed by atoms with Gasteiger partial charge in [-0.05, 0) is 13.0 Å². The van der Waals surface area contributed by atoms with Gasteiger partial charge in [-0.1, -0.05) is 6.07 Å². The average molecular weight is 254 g/mol. The van der Waals surface area contributed by atoms with E-state index in [1.54, 1.807) is 18.6 Å². The van der Waals surface area contributed by atoms with E-state index in [2.05, 4.69) is 20.6 Å². The van der Waals surface area contributed by atoms with Gasteiger partial charge >= 0.3 is 6.03 Å². The van der Waals surface area contributed by atoms with Gasteiger partial charge in [-0.2, -0.15) is 10.2 Å². The zero-order chi connectivity index (χ0) is 11.4. The summed E-state index contributed by atoms with van der Waals surface area (Å²) in [5.41, 5.74) is 4.02. The summed E-state index contributed by atoms with van der Waals surface area (Å²) in [6.07, 6.45) is 4.94. The number of hydrogen-bond donors (Lipinski definition) is 1. The number of nitrogens with zero attached hydrogens (tertiary/aromatic N) is 4. The lowest BCUT2D eigenvalue weighted by Gasteiger charge is -2.20. The van der Waals surface area contributed by atoms with Crippen LogP contribution in [0.3, 0.4) is 0 Å². The van der Waals surface area contributed by atoms with E-state index in [1.165, 1.54) is 5.01 Å². The molecule has 0 atom stereocenters. The van der Waals surface area contributed by atoms with Gasteiger partial charge in [-0.25, -0.2) is 15.2 Å².